The molecule has 0 aliphatic carbocycles. The van der Waals surface area contributed by atoms with Crippen LogP contribution in [0.1, 0.15) is 26.3 Å². The molecule has 0 aliphatic rings. The fourth-order valence-electron chi connectivity index (χ4n) is 3.34. The van der Waals surface area contributed by atoms with Crippen LogP contribution in [-0.2, 0) is 4.74 Å². The standard InChI is InChI=1S/C26H18N2O6/c1-33-25(29)18-9-12-20(13-10-18)27-16-23-22-8-3-2-5-17(22)11-14-24(23)34-26(30)19-6-4-7-21(15-19)28(31)32/h2-16H,1H3. The summed E-state index contributed by atoms with van der Waals surface area (Å²) in [5.41, 5.74) is 1.40. The molecule has 168 valence electrons. The third-order valence-electron chi connectivity index (χ3n) is 5.06. The Morgan fingerprint density at radius 1 is 0.882 bits per heavy atom. The van der Waals surface area contributed by atoms with Crippen LogP contribution in [0.3, 0.4) is 0 Å². The molecule has 0 unspecified atom stereocenters. The summed E-state index contributed by atoms with van der Waals surface area (Å²) in [6.45, 7) is 0. The number of nitrogens with zero attached hydrogens (tertiary/aromatic N) is 2. The van der Waals surface area contributed by atoms with Gasteiger partial charge in [0, 0.05) is 23.9 Å². The maximum absolute atomic E-state index is 12.7. The molecule has 8 heteroatoms. The monoisotopic (exact) mass is 454 g/mol. The lowest BCUT2D eigenvalue weighted by molar-refractivity contribution is -0.384. The quantitative estimate of drug-likeness (QED) is 0.125. The Kier molecular flexibility index (Phi) is 6.40. The van der Waals surface area contributed by atoms with Crippen molar-refractivity contribution in [1.82, 2.24) is 0 Å². The maximum atomic E-state index is 12.7. The second-order valence-electron chi connectivity index (χ2n) is 7.19. The van der Waals surface area contributed by atoms with E-state index in [1.54, 1.807) is 36.5 Å². The summed E-state index contributed by atoms with van der Waals surface area (Å²) in [5, 5.41) is 12.8. The highest BCUT2D eigenvalue weighted by atomic mass is 16.6. The van der Waals surface area contributed by atoms with E-state index < -0.39 is 16.9 Å². The van der Waals surface area contributed by atoms with Crippen molar-refractivity contribution >= 4 is 40.3 Å². The number of rotatable bonds is 6. The lowest BCUT2D eigenvalue weighted by Gasteiger charge is -2.10. The predicted octanol–water partition coefficient (Wildman–Crippen LogP) is 5.50. The van der Waals surface area contributed by atoms with Crippen molar-refractivity contribution in [3.63, 3.8) is 0 Å². The van der Waals surface area contributed by atoms with Crippen molar-refractivity contribution in [1.29, 1.82) is 0 Å². The molecule has 0 radical (unpaired) electrons. The number of esters is 2. The molecule has 4 rings (SSSR count). The molecule has 0 aliphatic heterocycles. The Bertz CT molecular complexity index is 1430. The molecule has 0 N–H and O–H groups in total. The van der Waals surface area contributed by atoms with Crippen molar-refractivity contribution in [2.75, 3.05) is 7.11 Å². The SMILES string of the molecule is COC(=O)c1ccc(N=Cc2c(OC(=O)c3cccc([N+](=O)[O-])c3)ccc3ccccc23)cc1. The number of hydrogen-bond donors (Lipinski definition) is 0. The Morgan fingerprint density at radius 3 is 2.38 bits per heavy atom. The van der Waals surface area contributed by atoms with Crippen LogP contribution >= 0.6 is 0 Å². The zero-order valence-corrected chi connectivity index (χ0v) is 18.0. The molecule has 0 fully saturated rings. The van der Waals surface area contributed by atoms with Crippen molar-refractivity contribution in [3.05, 3.63) is 112 Å². The molecule has 0 saturated heterocycles. The van der Waals surface area contributed by atoms with E-state index in [-0.39, 0.29) is 17.0 Å². The topological polar surface area (TPSA) is 108 Å². The number of carbonyl (C=O) groups is 2. The van der Waals surface area contributed by atoms with Gasteiger partial charge in [-0.15, -0.1) is 0 Å². The van der Waals surface area contributed by atoms with Gasteiger partial charge in [-0.1, -0.05) is 36.4 Å². The first-order valence-electron chi connectivity index (χ1n) is 10.2. The number of ether oxygens (including phenoxy) is 2. The highest BCUT2D eigenvalue weighted by Gasteiger charge is 2.16. The molecular formula is C26H18N2O6. The van der Waals surface area contributed by atoms with Crippen LogP contribution in [0, 0.1) is 10.1 Å². The molecule has 0 spiro atoms. The summed E-state index contributed by atoms with van der Waals surface area (Å²) in [5.74, 6) is -0.916. The third kappa shape index (κ3) is 4.81. The second-order valence-corrected chi connectivity index (χ2v) is 7.19. The number of methoxy groups -OCH3 is 1. The van der Waals surface area contributed by atoms with Crippen LogP contribution in [0.25, 0.3) is 10.8 Å². The number of carbonyl (C=O) groups excluding carboxylic acids is 2. The van der Waals surface area contributed by atoms with E-state index >= 15 is 0 Å². The number of nitro benzene ring substituents is 1. The van der Waals surface area contributed by atoms with Gasteiger partial charge in [0.1, 0.15) is 5.75 Å². The molecule has 0 bridgehead atoms. The summed E-state index contributed by atoms with van der Waals surface area (Å²) in [6, 6.07) is 22.9. The van der Waals surface area contributed by atoms with E-state index in [4.69, 9.17) is 9.47 Å². The van der Waals surface area contributed by atoms with Gasteiger partial charge in [-0.25, -0.2) is 9.59 Å². The summed E-state index contributed by atoms with van der Waals surface area (Å²) >= 11 is 0. The van der Waals surface area contributed by atoms with Gasteiger partial charge in [-0.05, 0) is 47.2 Å². The Morgan fingerprint density at radius 2 is 1.65 bits per heavy atom. The third-order valence-corrected chi connectivity index (χ3v) is 5.06. The highest BCUT2D eigenvalue weighted by molar-refractivity contribution is 6.04. The molecule has 0 heterocycles. The van der Waals surface area contributed by atoms with Crippen LogP contribution in [0.15, 0.2) is 89.9 Å². The zero-order chi connectivity index (χ0) is 24.1. The maximum Gasteiger partial charge on any atom is 0.343 e. The van der Waals surface area contributed by atoms with Gasteiger partial charge in [0.25, 0.3) is 5.69 Å². The first-order chi connectivity index (χ1) is 16.5. The average molecular weight is 454 g/mol. The molecule has 4 aromatic carbocycles. The molecule has 4 aromatic rings. The lowest BCUT2D eigenvalue weighted by atomic mass is 10.0. The van der Waals surface area contributed by atoms with Gasteiger partial charge in [0.2, 0.25) is 0 Å². The molecule has 0 aromatic heterocycles. The Labute approximate surface area is 194 Å². The summed E-state index contributed by atoms with van der Waals surface area (Å²) in [6.07, 6.45) is 1.57. The number of non-ortho nitro benzene ring substituents is 1. The first kappa shape index (κ1) is 22.3. The van der Waals surface area contributed by atoms with Crippen LogP contribution in [0.2, 0.25) is 0 Å². The number of benzene rings is 4. The van der Waals surface area contributed by atoms with Crippen LogP contribution < -0.4 is 4.74 Å². The van der Waals surface area contributed by atoms with E-state index in [0.29, 0.717) is 16.8 Å². The fourth-order valence-corrected chi connectivity index (χ4v) is 3.34. The molecule has 0 atom stereocenters. The Hall–Kier alpha value is -4.85. The number of hydrogen-bond acceptors (Lipinski definition) is 7. The Balaban J connectivity index is 1.69. The van der Waals surface area contributed by atoms with Gasteiger partial charge in [0.15, 0.2) is 0 Å². The largest absolute Gasteiger partial charge is 0.465 e. The molecule has 8 nitrogen and oxygen atoms in total. The van der Waals surface area contributed by atoms with Crippen molar-refractivity contribution in [2.24, 2.45) is 4.99 Å². The fraction of sp³-hybridized carbons (Fsp3) is 0.0385. The minimum Gasteiger partial charge on any atom is -0.465 e. The van der Waals surface area contributed by atoms with E-state index in [1.165, 1.54) is 31.4 Å². The first-order valence-corrected chi connectivity index (χ1v) is 10.2. The highest BCUT2D eigenvalue weighted by Crippen LogP contribution is 2.28. The van der Waals surface area contributed by atoms with Crippen molar-refractivity contribution in [3.8, 4) is 5.75 Å². The van der Waals surface area contributed by atoms with E-state index in [0.717, 1.165) is 10.8 Å². The number of fused-ring (bicyclic) bond motifs is 1. The second kappa shape index (κ2) is 9.74. The molecular weight excluding hydrogens is 436 g/mol. The summed E-state index contributed by atoms with van der Waals surface area (Å²) in [4.78, 5) is 39.3. The van der Waals surface area contributed by atoms with Gasteiger partial charge in [0.05, 0.1) is 28.8 Å². The molecule has 34 heavy (non-hydrogen) atoms. The van der Waals surface area contributed by atoms with Crippen molar-refractivity contribution < 1.29 is 24.0 Å². The molecule has 0 saturated carbocycles. The van der Waals surface area contributed by atoms with Gasteiger partial charge in [-0.3, -0.25) is 15.1 Å². The number of nitro groups is 1. The molecule has 0 amide bonds. The van der Waals surface area contributed by atoms with Crippen molar-refractivity contribution in [2.45, 2.75) is 0 Å². The summed E-state index contributed by atoms with van der Waals surface area (Å²) in [7, 11) is 1.31. The lowest BCUT2D eigenvalue weighted by Crippen LogP contribution is -2.10. The minimum atomic E-state index is -0.726. The van der Waals surface area contributed by atoms with E-state index in [9.17, 15) is 19.7 Å². The van der Waals surface area contributed by atoms with E-state index in [2.05, 4.69) is 4.99 Å². The van der Waals surface area contributed by atoms with E-state index in [1.807, 2.05) is 30.3 Å². The smallest absolute Gasteiger partial charge is 0.343 e. The summed E-state index contributed by atoms with van der Waals surface area (Å²) < 4.78 is 10.3. The minimum absolute atomic E-state index is 0.0589. The zero-order valence-electron chi connectivity index (χ0n) is 18.0. The van der Waals surface area contributed by atoms with Crippen LogP contribution in [0.5, 0.6) is 5.75 Å². The normalized spacial score (nSPS) is 10.9. The van der Waals surface area contributed by atoms with Gasteiger partial charge >= 0.3 is 11.9 Å². The van der Waals surface area contributed by atoms with Crippen LogP contribution in [0.4, 0.5) is 11.4 Å². The predicted molar refractivity (Wildman–Crippen MR) is 127 cm³/mol. The van der Waals surface area contributed by atoms with Gasteiger partial charge in [-0.2, -0.15) is 0 Å². The van der Waals surface area contributed by atoms with Gasteiger partial charge < -0.3 is 9.47 Å². The number of aliphatic imine (C=N–C) groups is 1. The average Bonchev–Trinajstić information content (AvgIpc) is 2.87. The van der Waals surface area contributed by atoms with Crippen LogP contribution in [-0.4, -0.2) is 30.2 Å².